The van der Waals surface area contributed by atoms with Gasteiger partial charge in [0.25, 0.3) is 5.91 Å². The van der Waals surface area contributed by atoms with Crippen molar-refractivity contribution in [3.8, 4) is 11.5 Å². The van der Waals surface area contributed by atoms with E-state index in [1.54, 1.807) is 6.07 Å². The molecular formula is C14H18FNOSi. The molecule has 0 aliphatic carbocycles. The molecule has 1 rings (SSSR count). The molecule has 0 fully saturated rings. The van der Waals surface area contributed by atoms with Gasteiger partial charge in [0.05, 0.1) is 0 Å². The van der Waals surface area contributed by atoms with Crippen molar-refractivity contribution in [1.82, 2.24) is 5.32 Å². The van der Waals surface area contributed by atoms with Crippen LogP contribution in [0, 0.1) is 17.3 Å². The van der Waals surface area contributed by atoms with Crippen molar-refractivity contribution in [1.29, 1.82) is 0 Å². The second kappa shape index (κ2) is 6.36. The lowest BCUT2D eigenvalue weighted by Crippen LogP contribution is -2.24. The summed E-state index contributed by atoms with van der Waals surface area (Å²) in [6.07, 6.45) is 0.630. The molecule has 0 aliphatic rings. The van der Waals surface area contributed by atoms with Crippen molar-refractivity contribution in [2.45, 2.75) is 26.1 Å². The highest BCUT2D eigenvalue weighted by atomic mass is 28.3. The van der Waals surface area contributed by atoms with Crippen LogP contribution < -0.4 is 5.32 Å². The number of carbonyl (C=O) groups is 1. The molecule has 0 spiro atoms. The number of nitrogens with one attached hydrogen (secondary N) is 1. The molecule has 0 radical (unpaired) electrons. The number of amides is 1. The number of benzene rings is 1. The standard InChI is InChI=1S/C14H18FNOSi/c1-18(2,3)10-5-4-9-16-14(17)12-7-6-8-13(15)11-12/h6-8,11H,4,9H2,1-3H3,(H,16,17). The van der Waals surface area contributed by atoms with Crippen LogP contribution >= 0.6 is 0 Å². The van der Waals surface area contributed by atoms with Crippen LogP contribution in [0.25, 0.3) is 0 Å². The van der Waals surface area contributed by atoms with Crippen LogP contribution in [0.5, 0.6) is 0 Å². The van der Waals surface area contributed by atoms with Crippen LogP contribution in [0.15, 0.2) is 24.3 Å². The molecule has 18 heavy (non-hydrogen) atoms. The number of carbonyl (C=O) groups excluding carboxylic acids is 1. The molecule has 0 heterocycles. The Morgan fingerprint density at radius 1 is 1.39 bits per heavy atom. The minimum atomic E-state index is -1.33. The lowest BCUT2D eigenvalue weighted by atomic mass is 10.2. The Morgan fingerprint density at radius 2 is 2.11 bits per heavy atom. The highest BCUT2D eigenvalue weighted by molar-refractivity contribution is 6.83. The maximum absolute atomic E-state index is 12.9. The fraction of sp³-hybridized carbons (Fsp3) is 0.357. The zero-order valence-electron chi connectivity index (χ0n) is 11.0. The summed E-state index contributed by atoms with van der Waals surface area (Å²) in [6, 6.07) is 5.65. The van der Waals surface area contributed by atoms with E-state index < -0.39 is 13.9 Å². The summed E-state index contributed by atoms with van der Waals surface area (Å²) in [4.78, 5) is 11.6. The Hall–Kier alpha value is -1.60. The van der Waals surface area contributed by atoms with E-state index in [-0.39, 0.29) is 5.91 Å². The molecule has 1 aromatic rings. The van der Waals surface area contributed by atoms with Crippen LogP contribution in [0.4, 0.5) is 4.39 Å². The Labute approximate surface area is 109 Å². The molecule has 0 unspecified atom stereocenters. The van der Waals surface area contributed by atoms with E-state index in [1.165, 1.54) is 18.2 Å². The largest absolute Gasteiger partial charge is 0.351 e. The maximum atomic E-state index is 12.9. The van der Waals surface area contributed by atoms with Gasteiger partial charge in [0, 0.05) is 18.5 Å². The molecule has 1 N–H and O–H groups in total. The molecule has 1 amide bonds. The Bertz CT molecular complexity index is 483. The van der Waals surface area contributed by atoms with Gasteiger partial charge in [-0.3, -0.25) is 4.79 Å². The van der Waals surface area contributed by atoms with Crippen LogP contribution in [0.2, 0.25) is 19.6 Å². The molecular weight excluding hydrogens is 245 g/mol. The highest BCUT2D eigenvalue weighted by Crippen LogP contribution is 2.03. The SMILES string of the molecule is C[Si](C)(C)C#CCCNC(=O)c1cccc(F)c1. The van der Waals surface area contributed by atoms with Gasteiger partial charge in [-0.1, -0.05) is 25.7 Å². The van der Waals surface area contributed by atoms with Gasteiger partial charge in [-0.25, -0.2) is 4.39 Å². The van der Waals surface area contributed by atoms with E-state index in [1.807, 2.05) is 0 Å². The Kier molecular flexibility index (Phi) is 5.11. The predicted octanol–water partition coefficient (Wildman–Crippen LogP) is 2.83. The molecule has 0 saturated carbocycles. The third-order valence-corrected chi connectivity index (χ3v) is 3.01. The third-order valence-electron chi connectivity index (χ3n) is 2.09. The quantitative estimate of drug-likeness (QED) is 0.507. The fourth-order valence-corrected chi connectivity index (χ4v) is 1.95. The molecule has 0 saturated heterocycles. The van der Waals surface area contributed by atoms with E-state index in [4.69, 9.17) is 0 Å². The van der Waals surface area contributed by atoms with Crippen molar-refractivity contribution >= 4 is 14.0 Å². The van der Waals surface area contributed by atoms with Gasteiger partial charge in [0.2, 0.25) is 0 Å². The van der Waals surface area contributed by atoms with E-state index in [2.05, 4.69) is 36.4 Å². The van der Waals surface area contributed by atoms with Crippen molar-refractivity contribution < 1.29 is 9.18 Å². The summed E-state index contributed by atoms with van der Waals surface area (Å²) in [5, 5.41) is 2.72. The summed E-state index contributed by atoms with van der Waals surface area (Å²) in [7, 11) is -1.33. The normalized spacial score (nSPS) is 10.4. The van der Waals surface area contributed by atoms with Crippen molar-refractivity contribution in [3.63, 3.8) is 0 Å². The van der Waals surface area contributed by atoms with Crippen molar-refractivity contribution in [2.24, 2.45) is 0 Å². The summed E-state index contributed by atoms with van der Waals surface area (Å²) in [5.41, 5.74) is 3.56. The van der Waals surface area contributed by atoms with Gasteiger partial charge >= 0.3 is 0 Å². The van der Waals surface area contributed by atoms with Crippen LogP contribution in [-0.4, -0.2) is 20.5 Å². The number of hydrogen-bond donors (Lipinski definition) is 1. The van der Waals surface area contributed by atoms with E-state index in [9.17, 15) is 9.18 Å². The average molecular weight is 263 g/mol. The van der Waals surface area contributed by atoms with E-state index >= 15 is 0 Å². The smallest absolute Gasteiger partial charge is 0.251 e. The number of halogens is 1. The minimum Gasteiger partial charge on any atom is -0.351 e. The minimum absolute atomic E-state index is 0.260. The molecule has 0 aliphatic heterocycles. The van der Waals surface area contributed by atoms with Gasteiger partial charge in [0.15, 0.2) is 0 Å². The third kappa shape index (κ3) is 5.64. The zero-order valence-corrected chi connectivity index (χ0v) is 12.0. The molecule has 1 aromatic carbocycles. The number of hydrogen-bond acceptors (Lipinski definition) is 1. The zero-order chi connectivity index (χ0) is 13.6. The lowest BCUT2D eigenvalue weighted by Gasteiger charge is -2.04. The first-order valence-corrected chi connectivity index (χ1v) is 9.42. The summed E-state index contributed by atoms with van der Waals surface area (Å²) in [5.74, 6) is 2.40. The predicted molar refractivity (Wildman–Crippen MR) is 74.5 cm³/mol. The first-order valence-electron chi connectivity index (χ1n) is 5.92. The van der Waals surface area contributed by atoms with Crippen molar-refractivity contribution in [2.75, 3.05) is 6.54 Å². The summed E-state index contributed by atoms with van der Waals surface area (Å²) in [6.45, 7) is 7.01. The van der Waals surface area contributed by atoms with Crippen LogP contribution in [0.1, 0.15) is 16.8 Å². The van der Waals surface area contributed by atoms with Crippen molar-refractivity contribution in [3.05, 3.63) is 35.6 Å². The van der Waals surface area contributed by atoms with Gasteiger partial charge in [0.1, 0.15) is 13.9 Å². The van der Waals surface area contributed by atoms with Crippen LogP contribution in [0.3, 0.4) is 0 Å². The molecule has 2 nitrogen and oxygen atoms in total. The second-order valence-corrected chi connectivity index (χ2v) is 9.82. The average Bonchev–Trinajstić information content (AvgIpc) is 2.26. The van der Waals surface area contributed by atoms with E-state index in [0.29, 0.717) is 18.5 Å². The number of rotatable bonds is 3. The van der Waals surface area contributed by atoms with Gasteiger partial charge in [-0.2, -0.15) is 0 Å². The molecule has 96 valence electrons. The highest BCUT2D eigenvalue weighted by Gasteiger charge is 2.07. The monoisotopic (exact) mass is 263 g/mol. The van der Waals surface area contributed by atoms with E-state index in [0.717, 1.165) is 0 Å². The molecule has 0 atom stereocenters. The molecule has 4 heteroatoms. The maximum Gasteiger partial charge on any atom is 0.251 e. The summed E-state index contributed by atoms with van der Waals surface area (Å²) >= 11 is 0. The topological polar surface area (TPSA) is 29.1 Å². The Balaban J connectivity index is 2.40. The van der Waals surface area contributed by atoms with Gasteiger partial charge in [-0.15, -0.1) is 11.5 Å². The van der Waals surface area contributed by atoms with Gasteiger partial charge in [-0.05, 0) is 18.2 Å². The first kappa shape index (κ1) is 14.5. The summed E-state index contributed by atoms with van der Waals surface area (Å²) < 4.78 is 12.9. The van der Waals surface area contributed by atoms with Gasteiger partial charge < -0.3 is 5.32 Å². The second-order valence-electron chi connectivity index (χ2n) is 5.07. The molecule has 0 bridgehead atoms. The first-order chi connectivity index (χ1) is 8.38. The fourth-order valence-electron chi connectivity index (χ4n) is 1.30. The van der Waals surface area contributed by atoms with Crippen LogP contribution in [-0.2, 0) is 0 Å². The molecule has 0 aromatic heterocycles. The lowest BCUT2D eigenvalue weighted by molar-refractivity contribution is 0.0954. The Morgan fingerprint density at radius 3 is 2.72 bits per heavy atom.